The first-order valence-corrected chi connectivity index (χ1v) is 11.8. The average molecular weight is 454 g/mol. The zero-order valence-electron chi connectivity index (χ0n) is 17.2. The number of nitrogens with one attached hydrogen (secondary N) is 2. The van der Waals surface area contributed by atoms with Gasteiger partial charge in [0.25, 0.3) is 0 Å². The molecule has 0 aliphatic carbocycles. The molecule has 0 atom stereocenters. The van der Waals surface area contributed by atoms with Crippen molar-refractivity contribution in [2.45, 2.75) is 5.41 Å². The molecule has 0 amide bonds. The van der Waals surface area contributed by atoms with Gasteiger partial charge in [-0.2, -0.15) is 5.10 Å². The number of fused-ring (bicyclic) bond motifs is 1. The van der Waals surface area contributed by atoms with Crippen LogP contribution in [0.2, 0.25) is 0 Å². The van der Waals surface area contributed by atoms with Crippen LogP contribution in [-0.2, 0) is 15.4 Å². The van der Waals surface area contributed by atoms with Crippen molar-refractivity contribution >= 4 is 26.7 Å². The summed E-state index contributed by atoms with van der Waals surface area (Å²) < 4.78 is 41.0. The van der Waals surface area contributed by atoms with Gasteiger partial charge in [0.15, 0.2) is 5.82 Å². The van der Waals surface area contributed by atoms with Crippen molar-refractivity contribution in [1.29, 1.82) is 0 Å². The molecule has 0 radical (unpaired) electrons. The molecule has 0 unspecified atom stereocenters. The number of hydrogen-bond acceptors (Lipinski definition) is 7. The molecular weight excluding hydrogens is 433 g/mol. The Kier molecular flexibility index (Phi) is 4.86. The van der Waals surface area contributed by atoms with Crippen LogP contribution in [0.5, 0.6) is 0 Å². The van der Waals surface area contributed by atoms with Gasteiger partial charge in [-0.25, -0.2) is 12.8 Å². The van der Waals surface area contributed by atoms with Gasteiger partial charge < -0.3 is 5.32 Å². The van der Waals surface area contributed by atoms with Crippen LogP contribution in [0.4, 0.5) is 10.2 Å². The van der Waals surface area contributed by atoms with Crippen molar-refractivity contribution in [3.63, 3.8) is 0 Å². The number of pyridine rings is 1. The lowest BCUT2D eigenvalue weighted by Crippen LogP contribution is -2.63. The van der Waals surface area contributed by atoms with Crippen molar-refractivity contribution in [2.75, 3.05) is 30.2 Å². The van der Waals surface area contributed by atoms with Gasteiger partial charge in [-0.1, -0.05) is 6.07 Å². The molecule has 5 rings (SSSR count). The molecule has 1 aliphatic heterocycles. The van der Waals surface area contributed by atoms with Gasteiger partial charge in [0, 0.05) is 36.8 Å². The van der Waals surface area contributed by atoms with E-state index in [1.807, 2.05) is 18.2 Å². The Hall–Kier alpha value is -3.44. The molecule has 32 heavy (non-hydrogen) atoms. The molecule has 0 bridgehead atoms. The van der Waals surface area contributed by atoms with Crippen LogP contribution in [0.25, 0.3) is 22.2 Å². The Labute approximate surface area is 183 Å². The van der Waals surface area contributed by atoms with Crippen LogP contribution in [-0.4, -0.2) is 59.7 Å². The highest BCUT2D eigenvalue weighted by molar-refractivity contribution is 7.92. The minimum Gasteiger partial charge on any atom is -0.315 e. The summed E-state index contributed by atoms with van der Waals surface area (Å²) in [6.07, 6.45) is 4.33. The van der Waals surface area contributed by atoms with Crippen LogP contribution in [0.3, 0.4) is 0 Å². The summed E-state index contributed by atoms with van der Waals surface area (Å²) in [6, 6.07) is 11.9. The number of benzene rings is 1. The van der Waals surface area contributed by atoms with E-state index in [2.05, 4.69) is 30.7 Å². The predicted molar refractivity (Wildman–Crippen MR) is 118 cm³/mol. The van der Waals surface area contributed by atoms with Gasteiger partial charge in [0.05, 0.1) is 34.8 Å². The van der Waals surface area contributed by atoms with Crippen LogP contribution in [0.15, 0.2) is 54.9 Å². The molecule has 9 nitrogen and oxygen atoms in total. The molecule has 1 fully saturated rings. The quantitative estimate of drug-likeness (QED) is 0.458. The molecule has 11 heteroatoms. The zero-order chi connectivity index (χ0) is 22.3. The second-order valence-corrected chi connectivity index (χ2v) is 9.84. The molecule has 4 heterocycles. The van der Waals surface area contributed by atoms with Crippen LogP contribution < -0.4 is 9.62 Å². The minimum atomic E-state index is -3.71. The third kappa shape index (κ3) is 3.59. The first-order valence-electron chi connectivity index (χ1n) is 9.92. The standard InChI is InChI=1S/C21H20FN7O2S/c1-32(30,31)29(13-21(11-23-12-21)20-16(22)3-2-8-24-20)19-7-6-17(27-28-19)14-4-5-18-15(9-14)10-25-26-18/h2-10,23H,11-13H2,1H3,(H,25,26). The van der Waals surface area contributed by atoms with E-state index in [0.717, 1.165) is 27.0 Å². The summed E-state index contributed by atoms with van der Waals surface area (Å²) in [4.78, 5) is 4.20. The van der Waals surface area contributed by atoms with Crippen molar-refractivity contribution in [2.24, 2.45) is 0 Å². The van der Waals surface area contributed by atoms with Crippen molar-refractivity contribution < 1.29 is 12.8 Å². The maximum Gasteiger partial charge on any atom is 0.233 e. The smallest absolute Gasteiger partial charge is 0.233 e. The van der Waals surface area contributed by atoms with E-state index in [1.54, 1.807) is 18.3 Å². The monoisotopic (exact) mass is 453 g/mol. The lowest BCUT2D eigenvalue weighted by atomic mass is 9.77. The number of aromatic amines is 1. The van der Waals surface area contributed by atoms with E-state index >= 15 is 0 Å². The van der Waals surface area contributed by atoms with Crippen molar-refractivity contribution in [3.8, 4) is 11.3 Å². The largest absolute Gasteiger partial charge is 0.315 e. The molecule has 1 saturated heterocycles. The lowest BCUT2D eigenvalue weighted by molar-refractivity contribution is 0.269. The number of hydrogen-bond donors (Lipinski definition) is 2. The molecule has 3 aromatic heterocycles. The van der Waals surface area contributed by atoms with Crippen molar-refractivity contribution in [3.05, 3.63) is 66.4 Å². The maximum absolute atomic E-state index is 14.5. The summed E-state index contributed by atoms with van der Waals surface area (Å²) in [7, 11) is -3.71. The van der Waals surface area contributed by atoms with Crippen molar-refractivity contribution in [1.82, 2.24) is 30.7 Å². The second-order valence-electron chi connectivity index (χ2n) is 7.94. The summed E-state index contributed by atoms with van der Waals surface area (Å²) >= 11 is 0. The molecule has 0 spiro atoms. The number of nitrogens with zero attached hydrogens (tertiary/aromatic N) is 5. The van der Waals surface area contributed by atoms with E-state index in [4.69, 9.17) is 0 Å². The third-order valence-corrected chi connectivity index (χ3v) is 6.79. The average Bonchev–Trinajstić information content (AvgIpc) is 3.21. The van der Waals surface area contributed by atoms with Gasteiger partial charge >= 0.3 is 0 Å². The fourth-order valence-electron chi connectivity index (χ4n) is 3.91. The summed E-state index contributed by atoms with van der Waals surface area (Å²) in [5, 5.41) is 19.4. The number of anilines is 1. The molecule has 1 aromatic carbocycles. The first kappa shape index (κ1) is 20.5. The van der Waals surface area contributed by atoms with Crippen LogP contribution in [0, 0.1) is 5.82 Å². The normalized spacial score (nSPS) is 15.4. The number of H-pyrrole nitrogens is 1. The first-order chi connectivity index (χ1) is 15.4. The van der Waals surface area contributed by atoms with E-state index < -0.39 is 21.3 Å². The number of aromatic nitrogens is 5. The Bertz CT molecular complexity index is 1380. The highest BCUT2D eigenvalue weighted by atomic mass is 32.2. The van der Waals surface area contributed by atoms with E-state index in [0.29, 0.717) is 18.8 Å². The van der Waals surface area contributed by atoms with Gasteiger partial charge in [0.2, 0.25) is 10.0 Å². The summed E-state index contributed by atoms with van der Waals surface area (Å²) in [5.41, 5.74) is 1.79. The highest BCUT2D eigenvalue weighted by Crippen LogP contribution is 2.32. The fraction of sp³-hybridized carbons (Fsp3) is 0.238. The Morgan fingerprint density at radius 1 is 1.16 bits per heavy atom. The third-order valence-electron chi connectivity index (χ3n) is 5.68. The Balaban J connectivity index is 1.48. The molecular formula is C21H20FN7O2S. The topological polar surface area (TPSA) is 117 Å². The molecule has 164 valence electrons. The number of rotatable bonds is 6. The Morgan fingerprint density at radius 3 is 2.66 bits per heavy atom. The Morgan fingerprint density at radius 2 is 2.00 bits per heavy atom. The summed E-state index contributed by atoms with van der Waals surface area (Å²) in [5.74, 6) is -0.290. The molecule has 0 saturated carbocycles. The van der Waals surface area contributed by atoms with Gasteiger partial charge in [-0.3, -0.25) is 14.4 Å². The minimum absolute atomic E-state index is 0.00176. The van der Waals surface area contributed by atoms with Crippen LogP contribution in [0.1, 0.15) is 5.69 Å². The van der Waals surface area contributed by atoms with E-state index in [9.17, 15) is 12.8 Å². The van der Waals surface area contributed by atoms with E-state index in [1.165, 1.54) is 18.3 Å². The number of halogens is 1. The highest BCUT2D eigenvalue weighted by Gasteiger charge is 2.45. The molecule has 4 aromatic rings. The van der Waals surface area contributed by atoms with E-state index in [-0.39, 0.29) is 18.1 Å². The fourth-order valence-corrected chi connectivity index (χ4v) is 4.83. The van der Waals surface area contributed by atoms with Crippen LogP contribution >= 0.6 is 0 Å². The summed E-state index contributed by atoms with van der Waals surface area (Å²) in [6.45, 7) is 0.814. The van der Waals surface area contributed by atoms with Gasteiger partial charge in [0.1, 0.15) is 5.82 Å². The second kappa shape index (κ2) is 7.61. The van der Waals surface area contributed by atoms with Gasteiger partial charge in [-0.15, -0.1) is 10.2 Å². The van der Waals surface area contributed by atoms with Gasteiger partial charge in [-0.05, 0) is 36.4 Å². The predicted octanol–water partition coefficient (Wildman–Crippen LogP) is 1.86. The molecule has 1 aliphatic rings. The molecule has 2 N–H and O–H groups in total. The SMILES string of the molecule is CS(=O)(=O)N(CC1(c2ncccc2F)CNC1)c1ccc(-c2ccc3[nH]ncc3c2)nn1. The lowest BCUT2D eigenvalue weighted by Gasteiger charge is -2.44. The number of sulfonamides is 1. The zero-order valence-corrected chi connectivity index (χ0v) is 18.0. The maximum atomic E-state index is 14.5.